The molecule has 0 aliphatic heterocycles. The Bertz CT molecular complexity index is 1430. The van der Waals surface area contributed by atoms with Crippen LogP contribution in [0, 0.1) is 0 Å². The number of amides is 2. The number of benzene rings is 2. The van der Waals surface area contributed by atoms with Crippen molar-refractivity contribution in [1.82, 2.24) is 20.3 Å². The van der Waals surface area contributed by atoms with Crippen molar-refractivity contribution >= 4 is 51.6 Å². The number of carbonyl (C=O) groups is 2. The van der Waals surface area contributed by atoms with Crippen molar-refractivity contribution in [3.8, 4) is 11.3 Å². The summed E-state index contributed by atoms with van der Waals surface area (Å²) in [5, 5.41) is 9.99. The van der Waals surface area contributed by atoms with Gasteiger partial charge in [0, 0.05) is 46.2 Å². The van der Waals surface area contributed by atoms with Crippen LogP contribution in [0.25, 0.3) is 22.2 Å². The smallest absolute Gasteiger partial charge is 0.247 e. The Hall–Kier alpha value is -4.43. The first kappa shape index (κ1) is 23.7. The third kappa shape index (κ3) is 5.93. The van der Waals surface area contributed by atoms with Crippen LogP contribution in [0.4, 0.5) is 17.3 Å². The minimum absolute atomic E-state index is 0.169. The van der Waals surface area contributed by atoms with Gasteiger partial charge in [0.05, 0.1) is 16.9 Å². The van der Waals surface area contributed by atoms with Gasteiger partial charge in [-0.2, -0.15) is 0 Å². The quantitative estimate of drug-likeness (QED) is 0.231. The van der Waals surface area contributed by atoms with Gasteiger partial charge in [0.15, 0.2) is 0 Å². The first-order chi connectivity index (χ1) is 16.9. The lowest BCUT2D eigenvalue weighted by Crippen LogP contribution is -2.21. The standard InChI is InChI=1S/C26H23ClN6O2/c1-3-23(34)30-16(2)11-12-24(35)31-17-7-6-8-18(13-17)32-26-29-15-21(27)25(33-26)20-14-28-22-10-5-4-9-19(20)22/h3-10,13-15,28H,1-2,11-12H2,(H,30,34)(H,31,35)(H,29,32,33). The molecule has 35 heavy (non-hydrogen) atoms. The van der Waals surface area contributed by atoms with Crippen LogP contribution in [0.3, 0.4) is 0 Å². The van der Waals surface area contributed by atoms with E-state index in [9.17, 15) is 9.59 Å². The van der Waals surface area contributed by atoms with Crippen LogP contribution in [-0.2, 0) is 9.59 Å². The molecule has 2 amide bonds. The highest BCUT2D eigenvalue weighted by molar-refractivity contribution is 6.33. The van der Waals surface area contributed by atoms with Crippen molar-refractivity contribution < 1.29 is 9.59 Å². The van der Waals surface area contributed by atoms with Gasteiger partial charge in [-0.3, -0.25) is 9.59 Å². The maximum absolute atomic E-state index is 12.3. The van der Waals surface area contributed by atoms with E-state index in [0.29, 0.717) is 40.2 Å². The summed E-state index contributed by atoms with van der Waals surface area (Å²) in [5.41, 5.74) is 4.22. The third-order valence-corrected chi connectivity index (χ3v) is 5.41. The largest absolute Gasteiger partial charge is 0.360 e. The van der Waals surface area contributed by atoms with Gasteiger partial charge in [0.25, 0.3) is 0 Å². The number of aromatic amines is 1. The summed E-state index contributed by atoms with van der Waals surface area (Å²) in [4.78, 5) is 35.7. The molecule has 2 aromatic heterocycles. The van der Waals surface area contributed by atoms with Crippen molar-refractivity contribution in [3.63, 3.8) is 0 Å². The molecule has 8 nitrogen and oxygen atoms in total. The van der Waals surface area contributed by atoms with Crippen molar-refractivity contribution in [2.24, 2.45) is 0 Å². The van der Waals surface area contributed by atoms with Crippen LogP contribution in [0.15, 0.2) is 85.9 Å². The van der Waals surface area contributed by atoms with E-state index in [2.05, 4.69) is 44.1 Å². The molecular formula is C26H23ClN6O2. The van der Waals surface area contributed by atoms with Gasteiger partial charge < -0.3 is 20.9 Å². The SMILES string of the molecule is C=CC(=O)NC(=C)CCC(=O)Nc1cccc(Nc2ncc(Cl)c(-c3c[nH]c4ccccc34)n2)c1. The topological polar surface area (TPSA) is 112 Å². The number of H-pyrrole nitrogens is 1. The van der Waals surface area contributed by atoms with E-state index in [-0.39, 0.29) is 18.2 Å². The minimum Gasteiger partial charge on any atom is -0.360 e. The van der Waals surface area contributed by atoms with Crippen LogP contribution in [0.2, 0.25) is 5.02 Å². The molecule has 0 saturated heterocycles. The monoisotopic (exact) mass is 486 g/mol. The number of aromatic nitrogens is 3. The predicted molar refractivity (Wildman–Crippen MR) is 139 cm³/mol. The zero-order chi connectivity index (χ0) is 24.8. The van der Waals surface area contributed by atoms with Crippen molar-refractivity contribution in [2.45, 2.75) is 12.8 Å². The minimum atomic E-state index is -0.355. The molecule has 0 aliphatic rings. The van der Waals surface area contributed by atoms with Gasteiger partial charge in [-0.15, -0.1) is 0 Å². The highest BCUT2D eigenvalue weighted by Crippen LogP contribution is 2.32. The molecule has 0 saturated carbocycles. The molecule has 9 heteroatoms. The Morgan fingerprint density at radius 2 is 1.89 bits per heavy atom. The summed E-state index contributed by atoms with van der Waals surface area (Å²) < 4.78 is 0. The number of para-hydroxylation sites is 1. The van der Waals surface area contributed by atoms with E-state index in [0.717, 1.165) is 22.5 Å². The Balaban J connectivity index is 1.44. The maximum atomic E-state index is 12.3. The molecule has 4 rings (SSSR count). The van der Waals surface area contributed by atoms with Gasteiger partial charge in [0.2, 0.25) is 17.8 Å². The van der Waals surface area contributed by atoms with Gasteiger partial charge in [-0.05, 0) is 36.8 Å². The highest BCUT2D eigenvalue weighted by Gasteiger charge is 2.13. The highest BCUT2D eigenvalue weighted by atomic mass is 35.5. The summed E-state index contributed by atoms with van der Waals surface area (Å²) in [6.45, 7) is 7.12. The number of nitrogens with one attached hydrogen (secondary N) is 4. The summed E-state index contributed by atoms with van der Waals surface area (Å²) in [6.07, 6.45) is 5.06. The number of anilines is 3. The van der Waals surface area contributed by atoms with Crippen molar-refractivity contribution in [1.29, 1.82) is 0 Å². The second-order valence-electron chi connectivity index (χ2n) is 7.69. The van der Waals surface area contributed by atoms with Crippen LogP contribution in [0.5, 0.6) is 0 Å². The normalized spacial score (nSPS) is 10.5. The fourth-order valence-corrected chi connectivity index (χ4v) is 3.66. The van der Waals surface area contributed by atoms with Crippen molar-refractivity contribution in [2.75, 3.05) is 10.6 Å². The van der Waals surface area contributed by atoms with Gasteiger partial charge in [-0.1, -0.05) is 49.0 Å². The van der Waals surface area contributed by atoms with Crippen LogP contribution >= 0.6 is 11.6 Å². The van der Waals surface area contributed by atoms with E-state index in [1.807, 2.05) is 36.5 Å². The number of nitrogens with zero attached hydrogens (tertiary/aromatic N) is 2. The number of hydrogen-bond acceptors (Lipinski definition) is 5. The molecule has 4 aromatic rings. The lowest BCUT2D eigenvalue weighted by molar-refractivity contribution is -0.117. The third-order valence-electron chi connectivity index (χ3n) is 5.13. The van der Waals surface area contributed by atoms with E-state index in [1.165, 1.54) is 0 Å². The van der Waals surface area contributed by atoms with E-state index < -0.39 is 0 Å². The Kier molecular flexibility index (Phi) is 7.23. The van der Waals surface area contributed by atoms with Crippen molar-refractivity contribution in [3.05, 3.63) is 90.9 Å². The number of halogens is 1. The predicted octanol–water partition coefficient (Wildman–Crippen LogP) is 5.56. The van der Waals surface area contributed by atoms with Crippen LogP contribution in [-0.4, -0.2) is 26.8 Å². The summed E-state index contributed by atoms with van der Waals surface area (Å²) in [5.74, 6) is -0.195. The molecule has 176 valence electrons. The number of hydrogen-bond donors (Lipinski definition) is 4. The number of allylic oxidation sites excluding steroid dienone is 1. The molecule has 0 unspecified atom stereocenters. The number of carbonyl (C=O) groups excluding carboxylic acids is 2. The molecular weight excluding hydrogens is 464 g/mol. The molecule has 2 heterocycles. The van der Waals surface area contributed by atoms with E-state index in [4.69, 9.17) is 11.6 Å². The second-order valence-corrected chi connectivity index (χ2v) is 8.10. The molecule has 0 bridgehead atoms. The summed E-state index contributed by atoms with van der Waals surface area (Å²) >= 11 is 6.41. The first-order valence-electron chi connectivity index (χ1n) is 10.8. The first-order valence-corrected chi connectivity index (χ1v) is 11.2. The Morgan fingerprint density at radius 1 is 1.09 bits per heavy atom. The summed E-state index contributed by atoms with van der Waals surface area (Å²) in [7, 11) is 0. The second kappa shape index (κ2) is 10.7. The molecule has 0 aliphatic carbocycles. The average Bonchev–Trinajstić information content (AvgIpc) is 3.28. The Labute approximate surface area is 207 Å². The number of fused-ring (bicyclic) bond motifs is 1. The lowest BCUT2D eigenvalue weighted by atomic mass is 10.1. The fraction of sp³-hybridized carbons (Fsp3) is 0.0769. The molecule has 0 fully saturated rings. The summed E-state index contributed by atoms with van der Waals surface area (Å²) in [6, 6.07) is 15.1. The lowest BCUT2D eigenvalue weighted by Gasteiger charge is -2.11. The van der Waals surface area contributed by atoms with Gasteiger partial charge in [-0.25, -0.2) is 9.97 Å². The van der Waals surface area contributed by atoms with Gasteiger partial charge >= 0.3 is 0 Å². The molecule has 2 aromatic carbocycles. The van der Waals surface area contributed by atoms with E-state index >= 15 is 0 Å². The number of rotatable bonds is 9. The zero-order valence-corrected chi connectivity index (χ0v) is 19.5. The van der Waals surface area contributed by atoms with E-state index in [1.54, 1.807) is 24.4 Å². The maximum Gasteiger partial charge on any atom is 0.247 e. The molecule has 4 N–H and O–H groups in total. The van der Waals surface area contributed by atoms with Gasteiger partial charge in [0.1, 0.15) is 0 Å². The molecule has 0 spiro atoms. The fourth-order valence-electron chi connectivity index (χ4n) is 3.46. The van der Waals surface area contributed by atoms with Crippen LogP contribution < -0.4 is 16.0 Å². The Morgan fingerprint density at radius 3 is 2.71 bits per heavy atom. The average molecular weight is 487 g/mol. The van der Waals surface area contributed by atoms with Crippen LogP contribution in [0.1, 0.15) is 12.8 Å². The molecule has 0 radical (unpaired) electrons. The zero-order valence-electron chi connectivity index (χ0n) is 18.8. The molecule has 0 atom stereocenters.